The molecule has 6 nitrogen and oxygen atoms in total. The maximum Gasteiger partial charge on any atom is 0.278 e. The van der Waals surface area contributed by atoms with Crippen LogP contribution in [0.5, 0.6) is 0 Å². The lowest BCUT2D eigenvalue weighted by atomic mass is 10.1. The van der Waals surface area contributed by atoms with E-state index in [1.165, 1.54) is 6.20 Å². The summed E-state index contributed by atoms with van der Waals surface area (Å²) in [6, 6.07) is 0. The normalized spacial score (nSPS) is 15.6. The lowest BCUT2D eigenvalue weighted by Gasteiger charge is -2.27. The first-order valence-electron chi connectivity index (χ1n) is 5.51. The number of nitro groups is 1. The van der Waals surface area contributed by atoms with Gasteiger partial charge < -0.3 is 10.1 Å². The largest absolute Gasteiger partial charge is 0.369 e. The highest BCUT2D eigenvalue weighted by atomic mass is 16.6. The smallest absolute Gasteiger partial charge is 0.278 e. The third kappa shape index (κ3) is 2.42. The molecule has 2 heterocycles. The second kappa shape index (κ2) is 4.77. The Hall–Kier alpha value is -1.53. The summed E-state index contributed by atoms with van der Waals surface area (Å²) in [6.45, 7) is 5.42. The van der Waals surface area contributed by atoms with Gasteiger partial charge in [0, 0.05) is 24.8 Å². The maximum atomic E-state index is 10.9. The Labute approximate surface area is 99.2 Å². The van der Waals surface area contributed by atoms with Gasteiger partial charge in [0.2, 0.25) is 0 Å². The Kier molecular flexibility index (Phi) is 3.35. The average Bonchev–Trinajstić information content (AvgIpc) is 2.18. The van der Waals surface area contributed by atoms with Gasteiger partial charge in [-0.3, -0.25) is 15.1 Å². The number of rotatable bonds is 4. The fourth-order valence-electron chi connectivity index (χ4n) is 1.77. The second-order valence-corrected chi connectivity index (χ2v) is 4.21. The number of aromatic nitrogens is 1. The van der Waals surface area contributed by atoms with Crippen molar-refractivity contribution >= 4 is 5.69 Å². The van der Waals surface area contributed by atoms with Crippen LogP contribution in [0.1, 0.15) is 16.8 Å². The van der Waals surface area contributed by atoms with Crippen LogP contribution < -0.4 is 5.32 Å². The van der Waals surface area contributed by atoms with Crippen LogP contribution in [0.4, 0.5) is 5.69 Å². The summed E-state index contributed by atoms with van der Waals surface area (Å²) in [5.74, 6) is 0. The quantitative estimate of drug-likeness (QED) is 0.626. The fraction of sp³-hybridized carbons (Fsp3) is 0.545. The van der Waals surface area contributed by atoms with Crippen molar-refractivity contribution in [3.05, 3.63) is 33.1 Å². The van der Waals surface area contributed by atoms with Crippen LogP contribution in [0.2, 0.25) is 0 Å². The Morgan fingerprint density at radius 2 is 2.29 bits per heavy atom. The minimum Gasteiger partial charge on any atom is -0.369 e. The standard InChI is InChI=1S/C11H15N3O3/c1-7-3-13-10(6-17-9-4-12-5-9)8(2)11(7)14(15)16/h3,9,12H,4-6H2,1-2H3. The summed E-state index contributed by atoms with van der Waals surface area (Å²) in [7, 11) is 0. The number of aryl methyl sites for hydroxylation is 1. The first-order valence-corrected chi connectivity index (χ1v) is 5.51. The minimum absolute atomic E-state index is 0.144. The minimum atomic E-state index is -0.360. The molecule has 17 heavy (non-hydrogen) atoms. The zero-order valence-electron chi connectivity index (χ0n) is 9.90. The molecule has 0 aliphatic carbocycles. The summed E-state index contributed by atoms with van der Waals surface area (Å²) >= 11 is 0. The van der Waals surface area contributed by atoms with Crippen molar-refractivity contribution in [2.75, 3.05) is 13.1 Å². The molecule has 2 rings (SSSR count). The van der Waals surface area contributed by atoms with Crippen molar-refractivity contribution in [2.45, 2.75) is 26.6 Å². The van der Waals surface area contributed by atoms with E-state index >= 15 is 0 Å². The monoisotopic (exact) mass is 237 g/mol. The van der Waals surface area contributed by atoms with E-state index in [1.807, 2.05) is 0 Å². The average molecular weight is 237 g/mol. The van der Waals surface area contributed by atoms with Gasteiger partial charge in [0.25, 0.3) is 5.69 Å². The molecule has 1 saturated heterocycles. The van der Waals surface area contributed by atoms with Crippen molar-refractivity contribution in [3.8, 4) is 0 Å². The summed E-state index contributed by atoms with van der Waals surface area (Å²) in [6.07, 6.45) is 1.74. The lowest BCUT2D eigenvalue weighted by molar-refractivity contribution is -0.386. The van der Waals surface area contributed by atoms with E-state index in [2.05, 4.69) is 10.3 Å². The molecule has 1 aliphatic heterocycles. The molecule has 92 valence electrons. The molecule has 0 unspecified atom stereocenters. The lowest BCUT2D eigenvalue weighted by Crippen LogP contribution is -2.48. The number of nitrogens with one attached hydrogen (secondary N) is 1. The number of hydrogen-bond donors (Lipinski definition) is 1. The van der Waals surface area contributed by atoms with Crippen LogP contribution in [0.3, 0.4) is 0 Å². The molecule has 0 amide bonds. The molecular weight excluding hydrogens is 222 g/mol. The highest BCUT2D eigenvalue weighted by Gasteiger charge is 2.21. The van der Waals surface area contributed by atoms with Crippen LogP contribution in [0, 0.1) is 24.0 Å². The van der Waals surface area contributed by atoms with E-state index in [0.29, 0.717) is 23.4 Å². The highest BCUT2D eigenvalue weighted by Crippen LogP contribution is 2.24. The van der Waals surface area contributed by atoms with E-state index in [9.17, 15) is 10.1 Å². The van der Waals surface area contributed by atoms with Gasteiger partial charge in [-0.1, -0.05) is 0 Å². The second-order valence-electron chi connectivity index (χ2n) is 4.21. The van der Waals surface area contributed by atoms with Gasteiger partial charge in [0.15, 0.2) is 0 Å². The van der Waals surface area contributed by atoms with Gasteiger partial charge >= 0.3 is 0 Å². The van der Waals surface area contributed by atoms with E-state index in [-0.39, 0.29) is 16.7 Å². The van der Waals surface area contributed by atoms with Gasteiger partial charge in [-0.25, -0.2) is 0 Å². The SMILES string of the molecule is Cc1cnc(COC2CNC2)c(C)c1[N+](=O)[O-]. The Bertz CT molecular complexity index is 444. The van der Waals surface area contributed by atoms with E-state index in [0.717, 1.165) is 13.1 Å². The number of pyridine rings is 1. The van der Waals surface area contributed by atoms with Crippen molar-refractivity contribution in [2.24, 2.45) is 0 Å². The molecule has 0 saturated carbocycles. The molecule has 0 bridgehead atoms. The Morgan fingerprint density at radius 1 is 1.59 bits per heavy atom. The molecule has 0 spiro atoms. The van der Waals surface area contributed by atoms with Gasteiger partial charge in [0.1, 0.15) is 0 Å². The number of hydrogen-bond acceptors (Lipinski definition) is 5. The summed E-state index contributed by atoms with van der Waals surface area (Å²) in [5.41, 5.74) is 1.98. The zero-order chi connectivity index (χ0) is 12.4. The van der Waals surface area contributed by atoms with E-state index in [4.69, 9.17) is 4.74 Å². The van der Waals surface area contributed by atoms with Gasteiger partial charge in [-0.2, -0.15) is 0 Å². The molecule has 6 heteroatoms. The predicted octanol–water partition coefficient (Wildman–Crippen LogP) is 1.10. The topological polar surface area (TPSA) is 77.3 Å². The zero-order valence-corrected chi connectivity index (χ0v) is 9.90. The molecule has 1 aromatic heterocycles. The van der Waals surface area contributed by atoms with Crippen LogP contribution >= 0.6 is 0 Å². The van der Waals surface area contributed by atoms with Crippen molar-refractivity contribution in [3.63, 3.8) is 0 Å². The van der Waals surface area contributed by atoms with Crippen LogP contribution in [-0.2, 0) is 11.3 Å². The van der Waals surface area contributed by atoms with E-state index in [1.54, 1.807) is 13.8 Å². The third-order valence-electron chi connectivity index (χ3n) is 2.96. The molecule has 1 N–H and O–H groups in total. The highest BCUT2D eigenvalue weighted by molar-refractivity contribution is 5.47. The van der Waals surface area contributed by atoms with Crippen LogP contribution in [0.15, 0.2) is 6.20 Å². The first kappa shape index (κ1) is 11.9. The molecular formula is C11H15N3O3. The van der Waals surface area contributed by atoms with Crippen LogP contribution in [-0.4, -0.2) is 29.1 Å². The maximum absolute atomic E-state index is 10.9. The molecule has 0 radical (unpaired) electrons. The summed E-state index contributed by atoms with van der Waals surface area (Å²) < 4.78 is 5.57. The van der Waals surface area contributed by atoms with Crippen LogP contribution in [0.25, 0.3) is 0 Å². The number of ether oxygens (including phenoxy) is 1. The summed E-state index contributed by atoms with van der Waals surface area (Å²) in [4.78, 5) is 14.8. The van der Waals surface area contributed by atoms with E-state index < -0.39 is 0 Å². The molecule has 1 aliphatic rings. The molecule has 0 aromatic carbocycles. The molecule has 0 atom stereocenters. The van der Waals surface area contributed by atoms with Gasteiger partial charge in [0.05, 0.1) is 28.9 Å². The summed E-state index contributed by atoms with van der Waals surface area (Å²) in [5, 5.41) is 14.0. The predicted molar refractivity (Wildman–Crippen MR) is 61.8 cm³/mol. The first-order chi connectivity index (χ1) is 8.09. The van der Waals surface area contributed by atoms with Gasteiger partial charge in [-0.15, -0.1) is 0 Å². The van der Waals surface area contributed by atoms with Crippen molar-refractivity contribution in [1.82, 2.24) is 10.3 Å². The fourth-order valence-corrected chi connectivity index (χ4v) is 1.77. The molecule has 1 aromatic rings. The third-order valence-corrected chi connectivity index (χ3v) is 2.96. The molecule has 1 fully saturated rings. The number of nitrogens with zero attached hydrogens (tertiary/aromatic N) is 2. The Balaban J connectivity index is 2.16. The van der Waals surface area contributed by atoms with Gasteiger partial charge in [-0.05, 0) is 13.8 Å². The van der Waals surface area contributed by atoms with Crippen molar-refractivity contribution < 1.29 is 9.66 Å². The van der Waals surface area contributed by atoms with Crippen molar-refractivity contribution in [1.29, 1.82) is 0 Å². The Morgan fingerprint density at radius 3 is 2.82 bits per heavy atom.